The average Bonchev–Trinajstić information content (AvgIpc) is 2.88. The van der Waals surface area contributed by atoms with Gasteiger partial charge in [0, 0.05) is 24.8 Å². The Bertz CT molecular complexity index is 658. The molecule has 1 aliphatic carbocycles. The molecule has 0 aromatic heterocycles. The molecule has 3 N–H and O–H groups in total. The molecule has 1 fully saturated rings. The number of ketones is 1. The van der Waals surface area contributed by atoms with Gasteiger partial charge in [-0.25, -0.2) is 0 Å². The van der Waals surface area contributed by atoms with Gasteiger partial charge in [-0.2, -0.15) is 0 Å². The summed E-state index contributed by atoms with van der Waals surface area (Å²) >= 11 is 0. The normalized spacial score (nSPS) is 35.6. The lowest BCUT2D eigenvalue weighted by molar-refractivity contribution is -0.124. The van der Waals surface area contributed by atoms with Crippen LogP contribution in [0.1, 0.15) is 66.2 Å². The molecule has 27 heavy (non-hydrogen) atoms. The van der Waals surface area contributed by atoms with Gasteiger partial charge in [0.25, 0.3) is 0 Å². The van der Waals surface area contributed by atoms with E-state index in [1.807, 2.05) is 19.9 Å². The van der Waals surface area contributed by atoms with E-state index in [1.165, 1.54) is 0 Å². The van der Waals surface area contributed by atoms with Gasteiger partial charge in [-0.1, -0.05) is 11.6 Å². The van der Waals surface area contributed by atoms with Crippen LogP contribution in [-0.2, 0) is 14.3 Å². The summed E-state index contributed by atoms with van der Waals surface area (Å²) in [5, 5.41) is 30.0. The van der Waals surface area contributed by atoms with Gasteiger partial charge in [-0.05, 0) is 47.0 Å². The minimum atomic E-state index is -1.11. The fourth-order valence-corrected chi connectivity index (χ4v) is 4.19. The number of hydrogen-bond donors (Lipinski definition) is 3. The molecule has 0 radical (unpaired) electrons. The van der Waals surface area contributed by atoms with Gasteiger partial charge in [0.15, 0.2) is 5.78 Å². The molecule has 3 aliphatic rings. The first-order valence-electron chi connectivity index (χ1n) is 9.86. The molecule has 0 amide bonds. The van der Waals surface area contributed by atoms with Crippen molar-refractivity contribution < 1.29 is 29.6 Å². The van der Waals surface area contributed by atoms with E-state index >= 15 is 0 Å². The second-order valence-electron chi connectivity index (χ2n) is 9.03. The van der Waals surface area contributed by atoms with Gasteiger partial charge in [0.2, 0.25) is 0 Å². The average molecular weight is 380 g/mol. The van der Waals surface area contributed by atoms with Crippen molar-refractivity contribution in [2.24, 2.45) is 0 Å². The minimum Gasteiger partial charge on any atom is -0.486 e. The molecule has 2 heterocycles. The third-order valence-corrected chi connectivity index (χ3v) is 6.04. The number of carbonyl (C=O) groups excluding carboxylic acids is 1. The summed E-state index contributed by atoms with van der Waals surface area (Å²) in [7, 11) is 0. The number of rotatable bonds is 5. The van der Waals surface area contributed by atoms with Crippen molar-refractivity contribution in [3.8, 4) is 0 Å². The molecule has 2 aliphatic heterocycles. The lowest BCUT2D eigenvalue weighted by Crippen LogP contribution is -2.45. The maximum absolute atomic E-state index is 12.2. The minimum absolute atomic E-state index is 0.0525. The summed E-state index contributed by atoms with van der Waals surface area (Å²) in [6.07, 6.45) is 3.29. The first kappa shape index (κ1) is 20.5. The van der Waals surface area contributed by atoms with Gasteiger partial charge >= 0.3 is 0 Å². The first-order valence-corrected chi connectivity index (χ1v) is 9.86. The van der Waals surface area contributed by atoms with Crippen molar-refractivity contribution >= 4 is 5.78 Å². The maximum Gasteiger partial charge on any atom is 0.162 e. The highest BCUT2D eigenvalue weighted by Gasteiger charge is 2.52. The van der Waals surface area contributed by atoms with E-state index in [-0.39, 0.29) is 18.0 Å². The Morgan fingerprint density at radius 3 is 2.81 bits per heavy atom. The third-order valence-electron chi connectivity index (χ3n) is 6.04. The maximum atomic E-state index is 12.2. The zero-order valence-electron chi connectivity index (χ0n) is 16.7. The number of aliphatic hydroxyl groups is 3. The van der Waals surface area contributed by atoms with Crippen LogP contribution in [-0.4, -0.2) is 56.7 Å². The number of fused-ring (bicyclic) bond motifs is 1. The predicted molar refractivity (Wildman–Crippen MR) is 100.0 cm³/mol. The van der Waals surface area contributed by atoms with E-state index in [0.29, 0.717) is 49.9 Å². The lowest BCUT2D eigenvalue weighted by Gasteiger charge is -2.40. The predicted octanol–water partition coefficient (Wildman–Crippen LogP) is 2.16. The van der Waals surface area contributed by atoms with Crippen LogP contribution < -0.4 is 0 Å². The highest BCUT2D eigenvalue weighted by Crippen LogP contribution is 2.46. The molecule has 0 aromatic carbocycles. The Kier molecular flexibility index (Phi) is 5.56. The Morgan fingerprint density at radius 1 is 1.44 bits per heavy atom. The van der Waals surface area contributed by atoms with Crippen LogP contribution in [0.25, 0.3) is 0 Å². The Balaban J connectivity index is 1.64. The molecule has 3 rings (SSSR count). The Morgan fingerprint density at radius 2 is 2.15 bits per heavy atom. The first-order chi connectivity index (χ1) is 12.5. The van der Waals surface area contributed by atoms with Gasteiger partial charge in [0.05, 0.1) is 17.8 Å². The van der Waals surface area contributed by atoms with E-state index in [4.69, 9.17) is 9.47 Å². The smallest absolute Gasteiger partial charge is 0.162 e. The van der Waals surface area contributed by atoms with E-state index in [2.05, 4.69) is 0 Å². The van der Waals surface area contributed by atoms with Crippen LogP contribution in [0, 0.1) is 0 Å². The van der Waals surface area contributed by atoms with Crippen molar-refractivity contribution in [2.75, 3.05) is 0 Å². The summed E-state index contributed by atoms with van der Waals surface area (Å²) in [6.45, 7) is 7.17. The van der Waals surface area contributed by atoms with Crippen molar-refractivity contribution in [3.63, 3.8) is 0 Å². The summed E-state index contributed by atoms with van der Waals surface area (Å²) in [5.74, 6) is 0.500. The largest absolute Gasteiger partial charge is 0.486 e. The van der Waals surface area contributed by atoms with Crippen molar-refractivity contribution in [3.05, 3.63) is 23.0 Å². The van der Waals surface area contributed by atoms with E-state index in [0.717, 1.165) is 5.57 Å². The summed E-state index contributed by atoms with van der Waals surface area (Å²) in [6, 6.07) is 0. The highest BCUT2D eigenvalue weighted by atomic mass is 16.6. The Labute approximate surface area is 160 Å². The fourth-order valence-electron chi connectivity index (χ4n) is 4.19. The number of aliphatic hydroxyl groups excluding tert-OH is 2. The summed E-state index contributed by atoms with van der Waals surface area (Å²) in [5.41, 5.74) is 0.00883. The number of ether oxygens (including phenoxy) is 2. The molecule has 0 saturated carbocycles. The molecule has 1 unspecified atom stereocenters. The van der Waals surface area contributed by atoms with Crippen LogP contribution in [0.5, 0.6) is 0 Å². The van der Waals surface area contributed by atoms with E-state index in [1.54, 1.807) is 13.8 Å². The molecule has 5 atom stereocenters. The zero-order chi connectivity index (χ0) is 20.0. The van der Waals surface area contributed by atoms with Crippen LogP contribution in [0.3, 0.4) is 0 Å². The molecule has 0 spiro atoms. The Hall–Kier alpha value is -1.21. The van der Waals surface area contributed by atoms with Crippen LogP contribution in [0.15, 0.2) is 23.0 Å². The monoisotopic (exact) mass is 380 g/mol. The fraction of sp³-hybridized carbons (Fsp3) is 0.762. The quantitative estimate of drug-likeness (QED) is 0.633. The topological polar surface area (TPSA) is 96.2 Å². The summed E-state index contributed by atoms with van der Waals surface area (Å²) < 4.78 is 12.3. The zero-order valence-corrected chi connectivity index (χ0v) is 16.7. The second-order valence-corrected chi connectivity index (χ2v) is 9.03. The van der Waals surface area contributed by atoms with Crippen molar-refractivity contribution in [1.29, 1.82) is 0 Å². The number of carbonyl (C=O) groups is 1. The standard InChI is InChI=1S/C21H32O6/c1-12(5-8-17(24)20(2,3)25)9-13-11-21(4)18(26-13)10-14-15(22)6-7-16(23)19(14)27-21/h9,13,16-18,23-25H,5-8,10-11H2,1-4H3/b12-9+/t13-,16-,17?,18+,21+/m0/s1. The molecule has 0 aromatic rings. The van der Waals surface area contributed by atoms with Crippen LogP contribution >= 0.6 is 0 Å². The van der Waals surface area contributed by atoms with Gasteiger partial charge in [-0.3, -0.25) is 4.79 Å². The second kappa shape index (κ2) is 7.32. The lowest BCUT2D eigenvalue weighted by atomic mass is 9.82. The third kappa shape index (κ3) is 4.29. The molecular weight excluding hydrogens is 348 g/mol. The number of Topliss-reactive ketones (excluding diaryl/α,β-unsaturated/α-hetero) is 1. The molecule has 0 bridgehead atoms. The van der Waals surface area contributed by atoms with Crippen molar-refractivity contribution in [1.82, 2.24) is 0 Å². The molecular formula is C21H32O6. The van der Waals surface area contributed by atoms with Crippen molar-refractivity contribution in [2.45, 2.75) is 102 Å². The van der Waals surface area contributed by atoms with Crippen LogP contribution in [0.2, 0.25) is 0 Å². The van der Waals surface area contributed by atoms with Gasteiger partial charge in [-0.15, -0.1) is 0 Å². The molecule has 6 heteroatoms. The molecule has 1 saturated heterocycles. The summed E-state index contributed by atoms with van der Waals surface area (Å²) in [4.78, 5) is 12.2. The van der Waals surface area contributed by atoms with Gasteiger partial charge in [0.1, 0.15) is 23.6 Å². The van der Waals surface area contributed by atoms with Gasteiger partial charge < -0.3 is 24.8 Å². The van der Waals surface area contributed by atoms with Crippen LogP contribution in [0.4, 0.5) is 0 Å². The molecule has 6 nitrogen and oxygen atoms in total. The van der Waals surface area contributed by atoms with E-state index < -0.39 is 23.4 Å². The highest BCUT2D eigenvalue weighted by molar-refractivity contribution is 5.97. The van der Waals surface area contributed by atoms with E-state index in [9.17, 15) is 20.1 Å². The number of allylic oxidation sites excluding steroid dienone is 1. The molecule has 152 valence electrons. The number of hydrogen-bond acceptors (Lipinski definition) is 6. The SMILES string of the molecule is C/C(=C\[C@H]1C[C@@]2(C)OC3=C(C[C@H]2O1)C(=O)CC[C@@H]3O)CCC(O)C(C)(C)O.